The van der Waals surface area contributed by atoms with Crippen molar-refractivity contribution in [1.29, 1.82) is 0 Å². The Morgan fingerprint density at radius 2 is 0.565 bits per heavy atom. The molecule has 0 radical (unpaired) electrons. The summed E-state index contributed by atoms with van der Waals surface area (Å²) in [6, 6.07) is 51.3. The maximum atomic E-state index is 2.49. The zero-order valence-corrected chi connectivity index (χ0v) is 24.7. The van der Waals surface area contributed by atoms with Crippen LogP contribution in [-0.2, 0) is 0 Å². The second-order valence-electron chi connectivity index (χ2n) is 13.5. The smallest absolute Gasteiger partial charge is 0.000762 e. The Labute approximate surface area is 262 Å². The predicted octanol–water partition coefficient (Wildman–Crippen LogP) is 13.2. The van der Waals surface area contributed by atoms with Gasteiger partial charge in [0, 0.05) is 0 Å². The molecule has 0 bridgehead atoms. The van der Waals surface area contributed by atoms with E-state index in [0.29, 0.717) is 0 Å². The molecule has 0 atom stereocenters. The fraction of sp³-hybridized carbons (Fsp3) is 0. The van der Waals surface area contributed by atoms with Crippen molar-refractivity contribution in [2.24, 2.45) is 0 Å². The third-order valence-corrected chi connectivity index (χ3v) is 11.6. The fourth-order valence-electron chi connectivity index (χ4n) is 9.75. The van der Waals surface area contributed by atoms with E-state index in [1.165, 1.54) is 130 Å². The third-order valence-electron chi connectivity index (χ3n) is 11.6. The molecule has 0 saturated heterocycles. The summed E-state index contributed by atoms with van der Waals surface area (Å²) in [6.07, 6.45) is 0. The highest BCUT2D eigenvalue weighted by atomic mass is 14.3. The summed E-state index contributed by atoms with van der Waals surface area (Å²) in [4.78, 5) is 0. The van der Waals surface area contributed by atoms with Gasteiger partial charge in [-0.15, -0.1) is 0 Å². The van der Waals surface area contributed by atoms with E-state index < -0.39 is 0 Å². The van der Waals surface area contributed by atoms with Gasteiger partial charge in [-0.2, -0.15) is 0 Å². The van der Waals surface area contributed by atoms with Crippen LogP contribution in [0, 0.1) is 0 Å². The Morgan fingerprint density at radius 1 is 0.196 bits per heavy atom. The topological polar surface area (TPSA) is 0 Å². The van der Waals surface area contributed by atoms with Crippen molar-refractivity contribution in [3.8, 4) is 11.1 Å². The summed E-state index contributed by atoms with van der Waals surface area (Å²) in [5.41, 5.74) is 2.65. The van der Waals surface area contributed by atoms with Crippen LogP contribution in [-0.4, -0.2) is 0 Å². The van der Waals surface area contributed by atoms with Crippen LogP contribution < -0.4 is 0 Å². The molecular formula is C46H22. The first kappa shape index (κ1) is 22.5. The van der Waals surface area contributed by atoms with Crippen LogP contribution in [0.15, 0.2) is 133 Å². The highest BCUT2D eigenvalue weighted by Gasteiger charge is 2.24. The number of fused-ring (bicyclic) bond motifs is 1. The van der Waals surface area contributed by atoms with E-state index in [1.807, 2.05) is 0 Å². The van der Waals surface area contributed by atoms with Gasteiger partial charge < -0.3 is 0 Å². The maximum Gasteiger partial charge on any atom is -0.000762 e. The van der Waals surface area contributed by atoms with E-state index in [9.17, 15) is 0 Å². The van der Waals surface area contributed by atoms with Gasteiger partial charge in [0.15, 0.2) is 0 Å². The highest BCUT2D eigenvalue weighted by molar-refractivity contribution is 6.47. The van der Waals surface area contributed by atoms with E-state index in [4.69, 9.17) is 0 Å². The van der Waals surface area contributed by atoms with Crippen molar-refractivity contribution in [2.45, 2.75) is 0 Å². The standard InChI is InChI=1S/C46H22/c1-2-23-4-5-24-6-7-25-12-14-29-18-20-32(45-34(3-1)36(23)37(24)38(25)42(29)45)35-22-31-17-16-28-11-9-26-8-10-27-13-15-30-19-21-33(35)46-43(30)40(27)39(26)41(28)44(31)46/h1-22H. The molecule has 13 aromatic carbocycles. The van der Waals surface area contributed by atoms with Gasteiger partial charge in [0.25, 0.3) is 0 Å². The molecule has 0 aliphatic carbocycles. The summed E-state index contributed by atoms with van der Waals surface area (Å²) in [6.45, 7) is 0. The first-order valence-corrected chi connectivity index (χ1v) is 16.3. The SMILES string of the molecule is c1cc2ccc3ccc4ccc5ccc(-c6cc7ccc8ccc9ccc%10ccc%11ccc6c6c%11c%10c9c8c76)c6c(c1)c2c3c4c56. The molecule has 0 spiro atoms. The molecule has 0 aromatic heterocycles. The summed E-state index contributed by atoms with van der Waals surface area (Å²) in [5, 5.41) is 30.0. The highest BCUT2D eigenvalue weighted by Crippen LogP contribution is 2.53. The van der Waals surface area contributed by atoms with Crippen LogP contribution in [0.1, 0.15) is 0 Å². The normalized spacial score (nSPS) is 13.2. The molecule has 0 nitrogen and oxygen atoms in total. The molecule has 0 saturated carbocycles. The van der Waals surface area contributed by atoms with Gasteiger partial charge in [-0.25, -0.2) is 0 Å². The van der Waals surface area contributed by atoms with Crippen LogP contribution in [0.25, 0.3) is 130 Å². The van der Waals surface area contributed by atoms with Gasteiger partial charge >= 0.3 is 0 Å². The quantitative estimate of drug-likeness (QED) is 0.135. The number of hydrogen-bond donors (Lipinski definition) is 0. The van der Waals surface area contributed by atoms with E-state index in [2.05, 4.69) is 133 Å². The van der Waals surface area contributed by atoms with Crippen molar-refractivity contribution < 1.29 is 0 Å². The summed E-state index contributed by atoms with van der Waals surface area (Å²) >= 11 is 0. The lowest BCUT2D eigenvalue weighted by molar-refractivity contribution is 1.75. The minimum atomic E-state index is 1.31. The van der Waals surface area contributed by atoms with Crippen LogP contribution in [0.2, 0.25) is 0 Å². The summed E-state index contributed by atoms with van der Waals surface area (Å²) in [7, 11) is 0. The molecule has 0 heteroatoms. The van der Waals surface area contributed by atoms with Crippen LogP contribution >= 0.6 is 0 Å². The van der Waals surface area contributed by atoms with Gasteiger partial charge in [0.2, 0.25) is 0 Å². The molecule has 0 N–H and O–H groups in total. The van der Waals surface area contributed by atoms with Crippen molar-refractivity contribution in [1.82, 2.24) is 0 Å². The first-order valence-electron chi connectivity index (χ1n) is 16.3. The van der Waals surface area contributed by atoms with Gasteiger partial charge in [-0.1, -0.05) is 127 Å². The Kier molecular flexibility index (Phi) is 3.56. The average molecular weight is 575 g/mol. The Hall–Kier alpha value is -5.98. The molecule has 13 aromatic rings. The molecule has 0 unspecified atom stereocenters. The number of rotatable bonds is 1. The van der Waals surface area contributed by atoms with Crippen molar-refractivity contribution >= 4 is 118 Å². The number of benzene rings is 13. The van der Waals surface area contributed by atoms with Gasteiger partial charge in [-0.3, -0.25) is 0 Å². The van der Waals surface area contributed by atoms with E-state index in [0.717, 1.165) is 0 Å². The molecule has 0 aliphatic rings. The van der Waals surface area contributed by atoms with Gasteiger partial charge in [0.1, 0.15) is 0 Å². The van der Waals surface area contributed by atoms with Crippen molar-refractivity contribution in [3.63, 3.8) is 0 Å². The second-order valence-corrected chi connectivity index (χ2v) is 13.5. The predicted molar refractivity (Wildman–Crippen MR) is 200 cm³/mol. The Balaban J connectivity index is 1.32. The van der Waals surface area contributed by atoms with Crippen LogP contribution in [0.5, 0.6) is 0 Å². The lowest BCUT2D eigenvalue weighted by atomic mass is 9.79. The third kappa shape index (κ3) is 2.35. The van der Waals surface area contributed by atoms with Crippen molar-refractivity contribution in [2.75, 3.05) is 0 Å². The largest absolute Gasteiger partial charge is 0.0610 e. The number of hydrogen-bond acceptors (Lipinski definition) is 0. The van der Waals surface area contributed by atoms with Crippen LogP contribution in [0.3, 0.4) is 0 Å². The molecule has 0 amide bonds. The Morgan fingerprint density at radius 3 is 1.11 bits per heavy atom. The minimum Gasteiger partial charge on any atom is -0.0610 e. The fourth-order valence-corrected chi connectivity index (χ4v) is 9.75. The molecule has 13 rings (SSSR count). The average Bonchev–Trinajstić information content (AvgIpc) is 3.12. The maximum absolute atomic E-state index is 2.49. The molecule has 0 aliphatic heterocycles. The van der Waals surface area contributed by atoms with E-state index >= 15 is 0 Å². The molecular weight excluding hydrogens is 553 g/mol. The molecule has 0 heterocycles. The lowest BCUT2D eigenvalue weighted by Crippen LogP contribution is -1.95. The summed E-state index contributed by atoms with van der Waals surface area (Å²) < 4.78 is 0. The Bertz CT molecular complexity index is 3330. The molecule has 46 heavy (non-hydrogen) atoms. The lowest BCUT2D eigenvalue weighted by Gasteiger charge is -2.23. The second kappa shape index (κ2) is 7.28. The summed E-state index contributed by atoms with van der Waals surface area (Å²) in [5.74, 6) is 0. The zero-order valence-electron chi connectivity index (χ0n) is 24.7. The van der Waals surface area contributed by atoms with E-state index in [1.54, 1.807) is 0 Å². The minimum absolute atomic E-state index is 1.31. The van der Waals surface area contributed by atoms with Crippen LogP contribution in [0.4, 0.5) is 0 Å². The van der Waals surface area contributed by atoms with E-state index in [-0.39, 0.29) is 0 Å². The molecule has 0 fully saturated rings. The zero-order chi connectivity index (χ0) is 29.4. The first-order chi connectivity index (χ1) is 22.8. The molecule has 206 valence electrons. The monoisotopic (exact) mass is 574 g/mol. The van der Waals surface area contributed by atoms with Gasteiger partial charge in [0.05, 0.1) is 0 Å². The van der Waals surface area contributed by atoms with Gasteiger partial charge in [-0.05, 0) is 136 Å². The van der Waals surface area contributed by atoms with Crippen molar-refractivity contribution in [3.05, 3.63) is 133 Å².